The topological polar surface area (TPSA) is 106 Å². The number of hydrogen-bond acceptors (Lipinski definition) is 4. The molecule has 0 radical (unpaired) electrons. The second kappa shape index (κ2) is 5.07. The number of hydrogen-bond donors (Lipinski definition) is 2. The minimum atomic E-state index is -3.73. The van der Waals surface area contributed by atoms with Crippen LogP contribution in [-0.4, -0.2) is 20.1 Å². The lowest BCUT2D eigenvalue weighted by Crippen LogP contribution is -2.15. The zero-order valence-electron chi connectivity index (χ0n) is 9.14. The zero-order chi connectivity index (χ0) is 13.1. The average Bonchev–Trinajstić information content (AvgIpc) is 2.15. The Hall–Kier alpha value is -1.73. The molecule has 6 nitrogen and oxygen atoms in total. The normalized spacial score (nSPS) is 10.9. The van der Waals surface area contributed by atoms with E-state index in [9.17, 15) is 18.0 Å². The fourth-order valence-electron chi connectivity index (χ4n) is 1.16. The molecule has 0 atom stereocenters. The monoisotopic (exact) mass is 256 g/mol. The van der Waals surface area contributed by atoms with Gasteiger partial charge in [0, 0.05) is 5.69 Å². The van der Waals surface area contributed by atoms with Crippen molar-refractivity contribution in [3.63, 3.8) is 0 Å². The number of primary sulfonamides is 1. The summed E-state index contributed by atoms with van der Waals surface area (Å²) in [5.74, 6) is -0.690. The van der Waals surface area contributed by atoms with Crippen LogP contribution < -0.4 is 10.5 Å². The molecule has 7 heteroatoms. The molecule has 0 fully saturated rings. The molecule has 0 aliphatic rings. The van der Waals surface area contributed by atoms with Crippen LogP contribution in [0, 0.1) is 0 Å². The van der Waals surface area contributed by atoms with Gasteiger partial charge >= 0.3 is 0 Å². The number of carbonyl (C=O) groups excluding carboxylic acids is 2. The van der Waals surface area contributed by atoms with Gasteiger partial charge in [0.15, 0.2) is 0 Å². The maximum absolute atomic E-state index is 11.2. The smallest absolute Gasteiger partial charge is 0.238 e. The van der Waals surface area contributed by atoms with Crippen molar-refractivity contribution in [3.8, 4) is 0 Å². The van der Waals surface area contributed by atoms with Crippen molar-refractivity contribution < 1.29 is 18.0 Å². The highest BCUT2D eigenvalue weighted by molar-refractivity contribution is 7.89. The highest BCUT2D eigenvalue weighted by Gasteiger charge is 2.08. The third kappa shape index (κ3) is 4.33. The summed E-state index contributed by atoms with van der Waals surface area (Å²) >= 11 is 0. The number of anilines is 1. The predicted molar refractivity (Wildman–Crippen MR) is 61.7 cm³/mol. The first kappa shape index (κ1) is 13.3. The lowest BCUT2D eigenvalue weighted by atomic mass is 10.2. The molecule has 0 aliphatic heterocycles. The van der Waals surface area contributed by atoms with E-state index in [0.29, 0.717) is 5.69 Å². The van der Waals surface area contributed by atoms with Crippen LogP contribution in [0.3, 0.4) is 0 Å². The van der Waals surface area contributed by atoms with Gasteiger partial charge < -0.3 is 5.32 Å². The molecule has 0 spiro atoms. The number of nitrogens with one attached hydrogen (secondary N) is 1. The van der Waals surface area contributed by atoms with Crippen LogP contribution in [0.5, 0.6) is 0 Å². The van der Waals surface area contributed by atoms with E-state index in [2.05, 4.69) is 5.32 Å². The first-order valence-electron chi connectivity index (χ1n) is 4.71. The number of rotatable bonds is 4. The summed E-state index contributed by atoms with van der Waals surface area (Å²) < 4.78 is 21.9. The molecule has 17 heavy (non-hydrogen) atoms. The Morgan fingerprint density at radius 2 is 1.76 bits per heavy atom. The average molecular weight is 256 g/mol. The number of carbonyl (C=O) groups is 2. The van der Waals surface area contributed by atoms with Crippen LogP contribution in [0.15, 0.2) is 29.2 Å². The second-order valence-electron chi connectivity index (χ2n) is 3.50. The molecule has 1 amide bonds. The highest BCUT2D eigenvalue weighted by atomic mass is 32.2. The molecule has 0 saturated carbocycles. The zero-order valence-corrected chi connectivity index (χ0v) is 9.95. The second-order valence-corrected chi connectivity index (χ2v) is 5.06. The Kier molecular flexibility index (Phi) is 3.97. The molecule has 0 aliphatic carbocycles. The third-order valence-corrected chi connectivity index (χ3v) is 2.81. The molecule has 0 saturated heterocycles. The van der Waals surface area contributed by atoms with Crippen molar-refractivity contribution in [1.29, 1.82) is 0 Å². The molecule has 0 bridgehead atoms. The number of sulfonamides is 1. The third-order valence-electron chi connectivity index (χ3n) is 1.88. The summed E-state index contributed by atoms with van der Waals surface area (Å²) in [6.07, 6.45) is -0.211. The van der Waals surface area contributed by atoms with Gasteiger partial charge in [-0.15, -0.1) is 0 Å². The molecule has 0 heterocycles. The molecule has 0 aromatic heterocycles. The quantitative estimate of drug-likeness (QED) is 0.753. The van der Waals surface area contributed by atoms with E-state index in [0.717, 1.165) is 0 Å². The number of ketones is 1. The van der Waals surface area contributed by atoms with Gasteiger partial charge in [-0.3, -0.25) is 9.59 Å². The first-order valence-corrected chi connectivity index (χ1v) is 6.26. The number of amides is 1. The van der Waals surface area contributed by atoms with Crippen molar-refractivity contribution in [2.24, 2.45) is 5.14 Å². The van der Waals surface area contributed by atoms with Crippen LogP contribution in [-0.2, 0) is 19.6 Å². The number of benzene rings is 1. The van der Waals surface area contributed by atoms with E-state index in [4.69, 9.17) is 5.14 Å². The molecule has 92 valence electrons. The molecule has 1 aromatic rings. The van der Waals surface area contributed by atoms with Gasteiger partial charge in [0.2, 0.25) is 15.9 Å². The minimum Gasteiger partial charge on any atom is -0.326 e. The van der Waals surface area contributed by atoms with Crippen molar-refractivity contribution in [2.75, 3.05) is 5.32 Å². The molecule has 1 rings (SSSR count). The van der Waals surface area contributed by atoms with Crippen molar-refractivity contribution in [3.05, 3.63) is 24.3 Å². The molecular weight excluding hydrogens is 244 g/mol. The Morgan fingerprint density at radius 1 is 1.24 bits per heavy atom. The molecular formula is C10H12N2O4S. The summed E-state index contributed by atoms with van der Waals surface area (Å²) in [4.78, 5) is 21.9. The van der Waals surface area contributed by atoms with Gasteiger partial charge in [-0.05, 0) is 31.2 Å². The summed E-state index contributed by atoms with van der Waals surface area (Å²) in [5.41, 5.74) is 0.406. The maximum atomic E-state index is 11.2. The van der Waals surface area contributed by atoms with E-state index in [1.54, 1.807) is 0 Å². The van der Waals surface area contributed by atoms with Gasteiger partial charge in [0.25, 0.3) is 0 Å². The SMILES string of the molecule is CC(=O)CC(=O)Nc1ccc(S(N)(=O)=O)cc1. The Bertz CT molecular complexity index is 534. The fraction of sp³-hybridized carbons (Fsp3) is 0.200. The fourth-order valence-corrected chi connectivity index (χ4v) is 1.67. The standard InChI is InChI=1S/C10H12N2O4S/c1-7(13)6-10(14)12-8-2-4-9(5-3-8)17(11,15)16/h2-5H,6H2,1H3,(H,12,14)(H2,11,15,16). The minimum absolute atomic E-state index is 0.0398. The Labute approximate surface area is 98.9 Å². The number of nitrogens with two attached hydrogens (primary N) is 1. The summed E-state index contributed by atoms with van der Waals surface area (Å²) in [5, 5.41) is 7.37. The maximum Gasteiger partial charge on any atom is 0.238 e. The van der Waals surface area contributed by atoms with E-state index in [-0.39, 0.29) is 17.1 Å². The van der Waals surface area contributed by atoms with Gasteiger partial charge in [-0.25, -0.2) is 13.6 Å². The summed E-state index contributed by atoms with van der Waals surface area (Å²) in [7, 11) is -3.73. The Morgan fingerprint density at radius 3 is 2.18 bits per heavy atom. The largest absolute Gasteiger partial charge is 0.326 e. The van der Waals surface area contributed by atoms with Crippen LogP contribution in [0.25, 0.3) is 0 Å². The van der Waals surface area contributed by atoms with Gasteiger partial charge in [0.05, 0.1) is 11.3 Å². The van der Waals surface area contributed by atoms with E-state index in [1.165, 1.54) is 31.2 Å². The first-order chi connectivity index (χ1) is 7.79. The van der Waals surface area contributed by atoms with Crippen LogP contribution in [0.1, 0.15) is 13.3 Å². The predicted octanol–water partition coefficient (Wildman–Crippen LogP) is 0.252. The lowest BCUT2D eigenvalue weighted by molar-refractivity contribution is -0.124. The highest BCUT2D eigenvalue weighted by Crippen LogP contribution is 2.12. The van der Waals surface area contributed by atoms with Gasteiger partial charge in [0.1, 0.15) is 5.78 Å². The van der Waals surface area contributed by atoms with Crippen molar-refractivity contribution >= 4 is 27.4 Å². The van der Waals surface area contributed by atoms with Crippen molar-refractivity contribution in [1.82, 2.24) is 0 Å². The molecule has 1 aromatic carbocycles. The van der Waals surface area contributed by atoms with Crippen LogP contribution >= 0.6 is 0 Å². The summed E-state index contributed by atoms with van der Waals surface area (Å²) in [6, 6.07) is 5.35. The van der Waals surface area contributed by atoms with E-state index in [1.807, 2.05) is 0 Å². The lowest BCUT2D eigenvalue weighted by Gasteiger charge is -2.04. The summed E-state index contributed by atoms with van der Waals surface area (Å²) in [6.45, 7) is 1.31. The van der Waals surface area contributed by atoms with E-state index >= 15 is 0 Å². The van der Waals surface area contributed by atoms with Crippen molar-refractivity contribution in [2.45, 2.75) is 18.2 Å². The van der Waals surface area contributed by atoms with Crippen LogP contribution in [0.2, 0.25) is 0 Å². The van der Waals surface area contributed by atoms with Gasteiger partial charge in [-0.1, -0.05) is 0 Å². The number of Topliss-reactive ketones (excluding diaryl/α,β-unsaturated/α-hetero) is 1. The molecule has 0 unspecified atom stereocenters. The van der Waals surface area contributed by atoms with Gasteiger partial charge in [-0.2, -0.15) is 0 Å². The Balaban J connectivity index is 2.76. The molecule has 3 N–H and O–H groups in total. The van der Waals surface area contributed by atoms with Crippen LogP contribution in [0.4, 0.5) is 5.69 Å². The van der Waals surface area contributed by atoms with E-state index < -0.39 is 15.9 Å².